The third-order valence-electron chi connectivity index (χ3n) is 6.46. The van der Waals surface area contributed by atoms with Gasteiger partial charge in [0, 0.05) is 18.3 Å². The van der Waals surface area contributed by atoms with Gasteiger partial charge in [0.1, 0.15) is 17.3 Å². The smallest absolute Gasteiger partial charge is 0.337 e. The molecule has 4 nitrogen and oxygen atoms in total. The number of halogens is 1. The van der Waals surface area contributed by atoms with Crippen LogP contribution in [0.5, 0.6) is 0 Å². The number of pyridine rings is 1. The Labute approximate surface area is 140 Å². The second kappa shape index (κ2) is 4.26. The molecule has 1 aromatic heterocycles. The third kappa shape index (κ3) is 1.56. The number of aryl methyl sites for hydroxylation is 1. The van der Waals surface area contributed by atoms with Gasteiger partial charge in [-0.25, -0.2) is 9.18 Å². The van der Waals surface area contributed by atoms with Gasteiger partial charge in [0.15, 0.2) is 5.67 Å². The Kier molecular flexibility index (Phi) is 2.59. The summed E-state index contributed by atoms with van der Waals surface area (Å²) in [6, 6.07) is 3.92. The molecule has 2 bridgehead atoms. The van der Waals surface area contributed by atoms with Crippen LogP contribution in [0.25, 0.3) is 0 Å². The van der Waals surface area contributed by atoms with Crippen LogP contribution in [0.15, 0.2) is 30.0 Å². The molecule has 4 aliphatic rings. The van der Waals surface area contributed by atoms with Gasteiger partial charge in [0.2, 0.25) is 0 Å². The van der Waals surface area contributed by atoms with E-state index in [-0.39, 0.29) is 12.0 Å². The van der Waals surface area contributed by atoms with E-state index in [1.165, 1.54) is 13.0 Å². The topological polar surface area (TPSA) is 48.4 Å². The Morgan fingerprint density at radius 1 is 1.38 bits per heavy atom. The van der Waals surface area contributed by atoms with Crippen LogP contribution in [0.3, 0.4) is 0 Å². The number of nitrogens with zero attached hydrogens (tertiary/aromatic N) is 1. The van der Waals surface area contributed by atoms with Gasteiger partial charge in [0.25, 0.3) is 0 Å². The molecule has 1 aromatic rings. The number of rotatable bonds is 2. The van der Waals surface area contributed by atoms with E-state index < -0.39 is 22.8 Å². The first-order valence-corrected chi connectivity index (χ1v) is 8.61. The summed E-state index contributed by atoms with van der Waals surface area (Å²) in [5, 5.41) is 0. The van der Waals surface area contributed by atoms with Gasteiger partial charge < -0.3 is 9.47 Å². The van der Waals surface area contributed by atoms with Crippen LogP contribution in [0, 0.1) is 12.8 Å². The molecule has 126 valence electrons. The maximum atomic E-state index is 15.7. The Morgan fingerprint density at radius 2 is 2.21 bits per heavy atom. The fourth-order valence-corrected chi connectivity index (χ4v) is 5.24. The largest absolute Gasteiger partial charge is 0.455 e. The van der Waals surface area contributed by atoms with E-state index in [1.807, 2.05) is 19.1 Å². The Balaban J connectivity index is 1.62. The highest BCUT2D eigenvalue weighted by Gasteiger charge is 2.75. The summed E-state index contributed by atoms with van der Waals surface area (Å²) in [4.78, 5) is 16.5. The van der Waals surface area contributed by atoms with Gasteiger partial charge in [-0.05, 0) is 56.7 Å². The number of carbonyl (C=O) groups is 1. The Hall–Kier alpha value is -1.75. The van der Waals surface area contributed by atoms with Crippen molar-refractivity contribution < 1.29 is 18.7 Å². The zero-order valence-electron chi connectivity index (χ0n) is 13.8. The van der Waals surface area contributed by atoms with Crippen LogP contribution in [0.4, 0.5) is 4.39 Å². The van der Waals surface area contributed by atoms with E-state index in [4.69, 9.17) is 9.47 Å². The molecule has 0 aromatic carbocycles. The summed E-state index contributed by atoms with van der Waals surface area (Å²) in [6.45, 7) is 3.45. The number of fused-ring (bicyclic) bond motifs is 1. The van der Waals surface area contributed by atoms with Crippen molar-refractivity contribution in [1.82, 2.24) is 4.98 Å². The minimum Gasteiger partial charge on any atom is -0.455 e. The van der Waals surface area contributed by atoms with E-state index in [0.29, 0.717) is 18.4 Å². The molecule has 5 rings (SSSR count). The first-order chi connectivity index (χ1) is 11.4. The molecule has 3 fully saturated rings. The van der Waals surface area contributed by atoms with Crippen LogP contribution < -0.4 is 0 Å². The average Bonchev–Trinajstić information content (AvgIpc) is 3.08. The summed E-state index contributed by atoms with van der Waals surface area (Å²) >= 11 is 0. The lowest BCUT2D eigenvalue weighted by atomic mass is 9.77. The molecule has 5 heteroatoms. The molecule has 4 heterocycles. The quantitative estimate of drug-likeness (QED) is 0.783. The highest BCUT2D eigenvalue weighted by atomic mass is 19.1. The molecule has 0 radical (unpaired) electrons. The van der Waals surface area contributed by atoms with Gasteiger partial charge >= 0.3 is 5.97 Å². The molecule has 24 heavy (non-hydrogen) atoms. The molecular weight excluding hydrogens is 309 g/mol. The zero-order chi connectivity index (χ0) is 16.7. The minimum atomic E-state index is -1.71. The SMILES string of the molecule is Cc1ccc(CC23CC4CC[C@H]5OC(=O)C(=C[C@@]2(C)F)[C@@]45O3)cn1. The number of alkyl halides is 1. The normalized spacial score (nSPS) is 45.1. The fourth-order valence-electron chi connectivity index (χ4n) is 5.24. The molecule has 2 unspecified atom stereocenters. The van der Waals surface area contributed by atoms with Crippen molar-refractivity contribution in [3.05, 3.63) is 41.2 Å². The summed E-state index contributed by atoms with van der Waals surface area (Å²) in [5.74, 6) is -0.253. The second-order valence-electron chi connectivity index (χ2n) is 7.88. The molecule has 5 atom stereocenters. The van der Waals surface area contributed by atoms with Crippen molar-refractivity contribution in [3.63, 3.8) is 0 Å². The summed E-state index contributed by atoms with van der Waals surface area (Å²) < 4.78 is 27.7. The predicted molar refractivity (Wildman–Crippen MR) is 84.0 cm³/mol. The highest BCUT2D eigenvalue weighted by Crippen LogP contribution is 2.65. The van der Waals surface area contributed by atoms with E-state index in [9.17, 15) is 4.79 Å². The molecule has 1 spiro atoms. The number of aromatic nitrogens is 1. The number of hydrogen-bond donors (Lipinski definition) is 0. The monoisotopic (exact) mass is 329 g/mol. The molecule has 1 aliphatic carbocycles. The Bertz CT molecular complexity index is 771. The Morgan fingerprint density at radius 3 is 2.96 bits per heavy atom. The van der Waals surface area contributed by atoms with Gasteiger partial charge in [0.05, 0.1) is 5.57 Å². The van der Waals surface area contributed by atoms with Crippen molar-refractivity contribution in [3.8, 4) is 0 Å². The molecule has 0 N–H and O–H groups in total. The van der Waals surface area contributed by atoms with Crippen LogP contribution in [0.1, 0.15) is 37.4 Å². The minimum absolute atomic E-state index is 0.149. The predicted octanol–water partition coefficient (Wildman–Crippen LogP) is 2.83. The van der Waals surface area contributed by atoms with E-state index in [2.05, 4.69) is 4.98 Å². The van der Waals surface area contributed by atoms with Gasteiger partial charge in [-0.3, -0.25) is 4.98 Å². The van der Waals surface area contributed by atoms with Crippen LogP contribution in [-0.4, -0.2) is 33.9 Å². The second-order valence-corrected chi connectivity index (χ2v) is 7.88. The summed E-state index contributed by atoms with van der Waals surface area (Å²) in [5.41, 5.74) is -1.08. The number of ether oxygens (including phenoxy) is 2. The highest BCUT2D eigenvalue weighted by molar-refractivity contribution is 5.95. The van der Waals surface area contributed by atoms with Crippen molar-refractivity contribution in [2.75, 3.05) is 0 Å². The molecule has 2 saturated heterocycles. The third-order valence-corrected chi connectivity index (χ3v) is 6.46. The van der Waals surface area contributed by atoms with Crippen molar-refractivity contribution in [1.29, 1.82) is 0 Å². The number of carbonyl (C=O) groups excluding carboxylic acids is 1. The van der Waals surface area contributed by atoms with Crippen molar-refractivity contribution in [2.45, 2.75) is 62.5 Å². The lowest BCUT2D eigenvalue weighted by Crippen LogP contribution is -2.56. The lowest BCUT2D eigenvalue weighted by Gasteiger charge is -2.44. The summed E-state index contributed by atoms with van der Waals surface area (Å²) in [7, 11) is 0. The van der Waals surface area contributed by atoms with Gasteiger partial charge in [-0.2, -0.15) is 0 Å². The van der Waals surface area contributed by atoms with E-state index in [0.717, 1.165) is 24.1 Å². The number of hydrogen-bond acceptors (Lipinski definition) is 4. The molecule has 3 aliphatic heterocycles. The molecule has 0 amide bonds. The standard InChI is InChI=1S/C19H20FNO3/c1-11-3-4-12(10-21-11)7-18-8-13-5-6-15-19(13,24-18)14(16(22)23-15)9-17(18,2)20/h3-4,9-10,13,15H,5-8H2,1-2H3/t13?,15-,17-,18?,19+/m1/s1. The molecular formula is C19H20FNO3. The van der Waals surface area contributed by atoms with Crippen molar-refractivity contribution in [2.24, 2.45) is 5.92 Å². The lowest BCUT2D eigenvalue weighted by molar-refractivity contribution is -0.172. The van der Waals surface area contributed by atoms with Crippen LogP contribution in [0.2, 0.25) is 0 Å². The van der Waals surface area contributed by atoms with Gasteiger partial charge in [-0.1, -0.05) is 6.07 Å². The first kappa shape index (κ1) is 14.6. The van der Waals surface area contributed by atoms with E-state index in [1.54, 1.807) is 6.20 Å². The van der Waals surface area contributed by atoms with Crippen LogP contribution in [-0.2, 0) is 20.7 Å². The average molecular weight is 329 g/mol. The van der Waals surface area contributed by atoms with Crippen molar-refractivity contribution >= 4 is 5.97 Å². The zero-order valence-corrected chi connectivity index (χ0v) is 13.8. The maximum Gasteiger partial charge on any atom is 0.337 e. The van der Waals surface area contributed by atoms with E-state index >= 15 is 4.39 Å². The molecule has 1 saturated carbocycles. The maximum absolute atomic E-state index is 15.7. The summed E-state index contributed by atoms with van der Waals surface area (Å²) in [6.07, 6.45) is 5.82. The number of esters is 1. The van der Waals surface area contributed by atoms with Crippen LogP contribution >= 0.6 is 0 Å². The van der Waals surface area contributed by atoms with Gasteiger partial charge in [-0.15, -0.1) is 0 Å². The fraction of sp³-hybridized carbons (Fsp3) is 0.579. The first-order valence-electron chi connectivity index (χ1n) is 8.61.